The molecule has 0 aliphatic carbocycles. The average Bonchev–Trinajstić information content (AvgIpc) is 2.85. The molecule has 2 rings (SSSR count). The van der Waals surface area contributed by atoms with Gasteiger partial charge in [-0.2, -0.15) is 0 Å². The number of furan rings is 1. The highest BCUT2D eigenvalue weighted by molar-refractivity contribution is 9.10. The van der Waals surface area contributed by atoms with Gasteiger partial charge in [0, 0.05) is 13.6 Å². The van der Waals surface area contributed by atoms with Crippen molar-refractivity contribution in [1.82, 2.24) is 4.90 Å². The van der Waals surface area contributed by atoms with Crippen molar-refractivity contribution in [3.8, 4) is 0 Å². The maximum absolute atomic E-state index is 12.1. The summed E-state index contributed by atoms with van der Waals surface area (Å²) in [7, 11) is 1.81. The van der Waals surface area contributed by atoms with Crippen molar-refractivity contribution in [3.05, 3.63) is 58.5 Å². The highest BCUT2D eigenvalue weighted by atomic mass is 79.9. The van der Waals surface area contributed by atoms with Crippen LogP contribution in [0.15, 0.2) is 51.7 Å². The van der Waals surface area contributed by atoms with Crippen LogP contribution in [0.4, 0.5) is 0 Å². The van der Waals surface area contributed by atoms with E-state index in [1.807, 2.05) is 25.2 Å². The monoisotopic (exact) mass is 321 g/mol. The van der Waals surface area contributed by atoms with Gasteiger partial charge in [-0.25, -0.2) is 0 Å². The van der Waals surface area contributed by atoms with Crippen molar-refractivity contribution < 1.29 is 9.21 Å². The fourth-order valence-electron chi connectivity index (χ4n) is 1.92. The first-order chi connectivity index (χ1) is 9.18. The number of hydrogen-bond donors (Lipinski definition) is 0. The molecule has 0 N–H and O–H groups in total. The second-order valence-electron chi connectivity index (χ2n) is 4.42. The Balaban J connectivity index is 1.83. The van der Waals surface area contributed by atoms with E-state index in [1.54, 1.807) is 11.0 Å². The minimum atomic E-state index is -0.0197. The van der Waals surface area contributed by atoms with Crippen LogP contribution in [0.5, 0.6) is 0 Å². The van der Waals surface area contributed by atoms with E-state index in [4.69, 9.17) is 4.42 Å². The summed E-state index contributed by atoms with van der Waals surface area (Å²) in [5.74, 6) is -0.0197. The van der Waals surface area contributed by atoms with E-state index in [1.165, 1.54) is 11.8 Å². The third-order valence-electron chi connectivity index (χ3n) is 3.00. The van der Waals surface area contributed by atoms with E-state index in [2.05, 4.69) is 28.1 Å². The summed E-state index contributed by atoms with van der Waals surface area (Å²) in [6.07, 6.45) is 3.43. The lowest BCUT2D eigenvalue weighted by Crippen LogP contribution is -2.27. The Hall–Kier alpha value is -1.55. The molecule has 1 aromatic heterocycles. The molecule has 0 atom stereocenters. The van der Waals surface area contributed by atoms with Gasteiger partial charge in [0.15, 0.2) is 4.67 Å². The second-order valence-corrected chi connectivity index (χ2v) is 5.14. The van der Waals surface area contributed by atoms with Crippen LogP contribution in [0.3, 0.4) is 0 Å². The Labute approximate surface area is 121 Å². The Morgan fingerprint density at radius 3 is 2.63 bits per heavy atom. The van der Waals surface area contributed by atoms with Gasteiger partial charge >= 0.3 is 0 Å². The van der Waals surface area contributed by atoms with E-state index in [0.29, 0.717) is 10.2 Å². The first-order valence-corrected chi connectivity index (χ1v) is 7.00. The summed E-state index contributed by atoms with van der Waals surface area (Å²) in [4.78, 5) is 13.8. The molecular formula is C15H16BrNO2. The molecule has 100 valence electrons. The number of halogens is 1. The van der Waals surface area contributed by atoms with Crippen molar-refractivity contribution in [3.63, 3.8) is 0 Å². The van der Waals surface area contributed by atoms with Gasteiger partial charge in [-0.3, -0.25) is 4.79 Å². The average molecular weight is 322 g/mol. The molecule has 0 bridgehead atoms. The first-order valence-electron chi connectivity index (χ1n) is 6.21. The Bertz CT molecular complexity index is 536. The van der Waals surface area contributed by atoms with Crippen LogP contribution in [0.2, 0.25) is 0 Å². The van der Waals surface area contributed by atoms with E-state index in [0.717, 1.165) is 19.4 Å². The summed E-state index contributed by atoms with van der Waals surface area (Å²) >= 11 is 3.23. The van der Waals surface area contributed by atoms with Gasteiger partial charge in [0.1, 0.15) is 0 Å². The molecule has 0 spiro atoms. The molecule has 1 aromatic carbocycles. The number of hydrogen-bond acceptors (Lipinski definition) is 2. The van der Waals surface area contributed by atoms with Gasteiger partial charge in [-0.05, 0) is 40.4 Å². The SMILES string of the molecule is CN(CCCc1ccccc1)C(=O)c1ccoc1Br. The topological polar surface area (TPSA) is 33.5 Å². The van der Waals surface area contributed by atoms with Gasteiger partial charge in [-0.15, -0.1) is 0 Å². The van der Waals surface area contributed by atoms with E-state index >= 15 is 0 Å². The molecule has 3 nitrogen and oxygen atoms in total. The molecule has 19 heavy (non-hydrogen) atoms. The van der Waals surface area contributed by atoms with Crippen molar-refractivity contribution in [2.24, 2.45) is 0 Å². The zero-order valence-electron chi connectivity index (χ0n) is 10.8. The molecule has 0 fully saturated rings. The molecule has 0 aliphatic rings. The number of aryl methyl sites for hydroxylation is 1. The molecule has 0 saturated carbocycles. The van der Waals surface area contributed by atoms with Crippen LogP contribution in [-0.2, 0) is 6.42 Å². The van der Waals surface area contributed by atoms with Gasteiger partial charge in [0.25, 0.3) is 5.91 Å². The van der Waals surface area contributed by atoms with Crippen molar-refractivity contribution in [2.45, 2.75) is 12.8 Å². The molecular weight excluding hydrogens is 306 g/mol. The minimum Gasteiger partial charge on any atom is -0.457 e. The Kier molecular flexibility index (Phi) is 4.80. The van der Waals surface area contributed by atoms with Gasteiger partial charge in [0.2, 0.25) is 0 Å². The predicted molar refractivity (Wildman–Crippen MR) is 78.1 cm³/mol. The molecule has 2 aromatic rings. The number of amides is 1. The normalized spacial score (nSPS) is 10.4. The molecule has 1 heterocycles. The van der Waals surface area contributed by atoms with Crippen molar-refractivity contribution >= 4 is 21.8 Å². The zero-order valence-corrected chi connectivity index (χ0v) is 12.4. The summed E-state index contributed by atoms with van der Waals surface area (Å²) in [5, 5.41) is 0. The summed E-state index contributed by atoms with van der Waals surface area (Å²) in [5.41, 5.74) is 1.87. The molecule has 0 radical (unpaired) electrons. The molecule has 4 heteroatoms. The van der Waals surface area contributed by atoms with E-state index in [9.17, 15) is 4.79 Å². The molecule has 1 amide bonds. The van der Waals surface area contributed by atoms with Crippen LogP contribution < -0.4 is 0 Å². The van der Waals surface area contributed by atoms with Crippen LogP contribution >= 0.6 is 15.9 Å². The van der Waals surface area contributed by atoms with Crippen LogP contribution in [0.1, 0.15) is 22.3 Å². The highest BCUT2D eigenvalue weighted by Gasteiger charge is 2.16. The minimum absolute atomic E-state index is 0.0197. The van der Waals surface area contributed by atoms with Crippen LogP contribution in [0.25, 0.3) is 0 Å². The lowest BCUT2D eigenvalue weighted by Gasteiger charge is -2.16. The number of carbonyl (C=O) groups is 1. The standard InChI is InChI=1S/C15H16BrNO2/c1-17(15(18)13-9-11-19-14(13)16)10-5-8-12-6-3-2-4-7-12/h2-4,6-7,9,11H,5,8,10H2,1H3. The second kappa shape index (κ2) is 6.57. The van der Waals surface area contributed by atoms with Crippen molar-refractivity contribution in [2.75, 3.05) is 13.6 Å². The zero-order chi connectivity index (χ0) is 13.7. The molecule has 0 unspecified atom stereocenters. The lowest BCUT2D eigenvalue weighted by atomic mass is 10.1. The lowest BCUT2D eigenvalue weighted by molar-refractivity contribution is 0.0791. The summed E-state index contributed by atoms with van der Waals surface area (Å²) < 4.78 is 5.57. The van der Waals surface area contributed by atoms with Gasteiger partial charge in [0.05, 0.1) is 11.8 Å². The first kappa shape index (κ1) is 13.9. The quantitative estimate of drug-likeness (QED) is 0.840. The number of benzene rings is 1. The number of carbonyl (C=O) groups excluding carboxylic acids is 1. The fourth-order valence-corrected chi connectivity index (χ4v) is 2.33. The van der Waals surface area contributed by atoms with Crippen LogP contribution in [-0.4, -0.2) is 24.4 Å². The van der Waals surface area contributed by atoms with Gasteiger partial charge in [-0.1, -0.05) is 30.3 Å². The summed E-state index contributed by atoms with van der Waals surface area (Å²) in [6.45, 7) is 0.728. The predicted octanol–water partition coefficient (Wildman–Crippen LogP) is 3.75. The Morgan fingerprint density at radius 1 is 1.26 bits per heavy atom. The highest BCUT2D eigenvalue weighted by Crippen LogP contribution is 2.19. The maximum atomic E-state index is 12.1. The van der Waals surface area contributed by atoms with E-state index < -0.39 is 0 Å². The maximum Gasteiger partial charge on any atom is 0.258 e. The smallest absolute Gasteiger partial charge is 0.258 e. The molecule has 0 aliphatic heterocycles. The number of rotatable bonds is 5. The fraction of sp³-hybridized carbons (Fsp3) is 0.267. The van der Waals surface area contributed by atoms with Crippen molar-refractivity contribution in [1.29, 1.82) is 0 Å². The molecule has 0 saturated heterocycles. The van der Waals surface area contributed by atoms with Gasteiger partial charge < -0.3 is 9.32 Å². The summed E-state index contributed by atoms with van der Waals surface area (Å²) in [6, 6.07) is 12.0. The van der Waals surface area contributed by atoms with Crippen LogP contribution in [0, 0.1) is 0 Å². The largest absolute Gasteiger partial charge is 0.457 e. The number of nitrogens with zero attached hydrogens (tertiary/aromatic N) is 1. The van der Waals surface area contributed by atoms with E-state index in [-0.39, 0.29) is 5.91 Å². The third kappa shape index (κ3) is 3.70. The third-order valence-corrected chi connectivity index (χ3v) is 3.61. The Morgan fingerprint density at radius 2 is 2.00 bits per heavy atom.